The minimum Gasteiger partial charge on any atom is -0.396 e. The molecule has 1 aromatic rings. The highest BCUT2D eigenvalue weighted by Gasteiger charge is 2.20. The molecule has 0 saturated carbocycles. The molecule has 2 nitrogen and oxygen atoms in total. The topological polar surface area (TPSA) is 32.3 Å². The molecule has 0 aliphatic rings. The zero-order valence-electron chi connectivity index (χ0n) is 10.3. The lowest BCUT2D eigenvalue weighted by molar-refractivity contribution is 0.214. The number of nitrogens with one attached hydrogen (secondary N) is 1. The van der Waals surface area contributed by atoms with E-state index in [1.807, 2.05) is 18.2 Å². The molecule has 0 amide bonds. The van der Waals surface area contributed by atoms with E-state index in [1.54, 1.807) is 0 Å². The zero-order valence-corrected chi connectivity index (χ0v) is 12.6. The van der Waals surface area contributed by atoms with Crippen molar-refractivity contribution in [2.75, 3.05) is 6.61 Å². The first kappa shape index (κ1) is 15.0. The normalized spacial score (nSPS) is 14.6. The van der Waals surface area contributed by atoms with Gasteiger partial charge in [0.1, 0.15) is 0 Å². The van der Waals surface area contributed by atoms with Crippen LogP contribution in [0.5, 0.6) is 0 Å². The minimum atomic E-state index is -0.0312. The van der Waals surface area contributed by atoms with Crippen LogP contribution in [0.15, 0.2) is 22.7 Å². The molecule has 2 N–H and O–H groups in total. The van der Waals surface area contributed by atoms with Crippen LogP contribution >= 0.6 is 27.5 Å². The van der Waals surface area contributed by atoms with Crippen molar-refractivity contribution < 1.29 is 5.11 Å². The third kappa shape index (κ3) is 4.59. The largest absolute Gasteiger partial charge is 0.396 e. The molecule has 1 atom stereocenters. The van der Waals surface area contributed by atoms with Gasteiger partial charge in [0.15, 0.2) is 0 Å². The predicted molar refractivity (Wildman–Crippen MR) is 76.4 cm³/mol. The summed E-state index contributed by atoms with van der Waals surface area (Å²) in [4.78, 5) is 0. The van der Waals surface area contributed by atoms with Gasteiger partial charge in [0.05, 0.1) is 0 Å². The van der Waals surface area contributed by atoms with Gasteiger partial charge in [-0.25, -0.2) is 0 Å². The number of hydrogen-bond acceptors (Lipinski definition) is 2. The van der Waals surface area contributed by atoms with E-state index in [0.717, 1.165) is 34.4 Å². The second-order valence-electron chi connectivity index (χ2n) is 4.48. The van der Waals surface area contributed by atoms with E-state index in [0.29, 0.717) is 0 Å². The lowest BCUT2D eigenvalue weighted by Crippen LogP contribution is -2.42. The van der Waals surface area contributed by atoms with Crippen molar-refractivity contribution in [3.63, 3.8) is 0 Å². The fourth-order valence-corrected chi connectivity index (χ4v) is 2.21. The van der Waals surface area contributed by atoms with E-state index in [2.05, 4.69) is 35.1 Å². The van der Waals surface area contributed by atoms with Crippen LogP contribution in [0.2, 0.25) is 5.02 Å². The molecule has 0 fully saturated rings. The highest BCUT2D eigenvalue weighted by molar-refractivity contribution is 9.10. The van der Waals surface area contributed by atoms with Crippen LogP contribution in [0, 0.1) is 0 Å². The van der Waals surface area contributed by atoms with E-state index in [-0.39, 0.29) is 12.1 Å². The molecular formula is C13H19BrClNO. The number of benzene rings is 1. The summed E-state index contributed by atoms with van der Waals surface area (Å²) >= 11 is 9.48. The van der Waals surface area contributed by atoms with Gasteiger partial charge < -0.3 is 10.4 Å². The van der Waals surface area contributed by atoms with Crippen molar-refractivity contribution in [3.05, 3.63) is 33.3 Å². The Labute approximate surface area is 117 Å². The standard InChI is InChI=1S/C13H19BrClNO/c1-3-13(2,6-7-17)16-9-10-8-11(15)4-5-12(10)14/h4-5,8,16-17H,3,6-7,9H2,1-2H3. The van der Waals surface area contributed by atoms with Crippen LogP contribution in [-0.4, -0.2) is 17.3 Å². The Morgan fingerprint density at radius 3 is 2.76 bits per heavy atom. The van der Waals surface area contributed by atoms with Crippen LogP contribution in [0.25, 0.3) is 0 Å². The molecule has 17 heavy (non-hydrogen) atoms. The Morgan fingerprint density at radius 1 is 1.47 bits per heavy atom. The molecule has 0 bridgehead atoms. The smallest absolute Gasteiger partial charge is 0.0448 e. The Bertz CT molecular complexity index is 372. The Balaban J connectivity index is 2.68. The van der Waals surface area contributed by atoms with Gasteiger partial charge in [-0.05, 0) is 43.5 Å². The molecule has 96 valence electrons. The van der Waals surface area contributed by atoms with Crippen molar-refractivity contribution in [2.45, 2.75) is 38.8 Å². The number of aliphatic hydroxyl groups is 1. The summed E-state index contributed by atoms with van der Waals surface area (Å²) in [7, 11) is 0. The summed E-state index contributed by atoms with van der Waals surface area (Å²) in [5, 5.41) is 13.3. The van der Waals surface area contributed by atoms with Gasteiger partial charge in [-0.1, -0.05) is 34.5 Å². The monoisotopic (exact) mass is 319 g/mol. The van der Waals surface area contributed by atoms with Gasteiger partial charge in [-0.3, -0.25) is 0 Å². The van der Waals surface area contributed by atoms with Crippen LogP contribution in [0.1, 0.15) is 32.3 Å². The Hall–Kier alpha value is -0.0900. The Kier molecular flexibility index (Phi) is 5.93. The lowest BCUT2D eigenvalue weighted by Gasteiger charge is -2.29. The van der Waals surface area contributed by atoms with Gasteiger partial charge in [0, 0.05) is 28.2 Å². The van der Waals surface area contributed by atoms with Crippen molar-refractivity contribution in [3.8, 4) is 0 Å². The molecule has 4 heteroatoms. The number of aliphatic hydroxyl groups excluding tert-OH is 1. The van der Waals surface area contributed by atoms with Crippen molar-refractivity contribution in [2.24, 2.45) is 0 Å². The maximum atomic E-state index is 9.06. The van der Waals surface area contributed by atoms with E-state index >= 15 is 0 Å². The molecule has 0 aliphatic carbocycles. The summed E-state index contributed by atoms with van der Waals surface area (Å²) < 4.78 is 1.05. The maximum absolute atomic E-state index is 9.06. The predicted octanol–water partition coefficient (Wildman–Crippen LogP) is 3.74. The average molecular weight is 321 g/mol. The van der Waals surface area contributed by atoms with Crippen LogP contribution in [0.3, 0.4) is 0 Å². The molecular weight excluding hydrogens is 302 g/mol. The van der Waals surface area contributed by atoms with Crippen molar-refractivity contribution in [1.29, 1.82) is 0 Å². The number of halogens is 2. The molecule has 1 rings (SSSR count). The number of rotatable bonds is 6. The second-order valence-corrected chi connectivity index (χ2v) is 5.77. The number of hydrogen-bond donors (Lipinski definition) is 2. The summed E-state index contributed by atoms with van der Waals surface area (Å²) in [6.07, 6.45) is 1.73. The van der Waals surface area contributed by atoms with Gasteiger partial charge >= 0.3 is 0 Å². The molecule has 0 spiro atoms. The highest BCUT2D eigenvalue weighted by Crippen LogP contribution is 2.22. The molecule has 0 aromatic heterocycles. The summed E-state index contributed by atoms with van der Waals surface area (Å²) in [6, 6.07) is 5.77. The van der Waals surface area contributed by atoms with Crippen molar-refractivity contribution in [1.82, 2.24) is 5.32 Å². The van der Waals surface area contributed by atoms with Crippen LogP contribution in [-0.2, 0) is 6.54 Å². The first-order chi connectivity index (χ1) is 8.00. The zero-order chi connectivity index (χ0) is 12.9. The molecule has 1 aromatic carbocycles. The molecule has 0 heterocycles. The van der Waals surface area contributed by atoms with E-state index in [1.165, 1.54) is 0 Å². The molecule has 1 unspecified atom stereocenters. The molecule has 0 saturated heterocycles. The van der Waals surface area contributed by atoms with Gasteiger partial charge in [-0.15, -0.1) is 0 Å². The highest BCUT2D eigenvalue weighted by atomic mass is 79.9. The lowest BCUT2D eigenvalue weighted by atomic mass is 9.94. The van der Waals surface area contributed by atoms with E-state index in [9.17, 15) is 0 Å². The average Bonchev–Trinajstić information content (AvgIpc) is 2.31. The fourth-order valence-electron chi connectivity index (χ4n) is 1.62. The maximum Gasteiger partial charge on any atom is 0.0448 e. The van der Waals surface area contributed by atoms with E-state index in [4.69, 9.17) is 16.7 Å². The summed E-state index contributed by atoms with van der Waals surface area (Å²) in [6.45, 7) is 5.19. The van der Waals surface area contributed by atoms with Gasteiger partial charge in [0.25, 0.3) is 0 Å². The van der Waals surface area contributed by atoms with Gasteiger partial charge in [-0.2, -0.15) is 0 Å². The summed E-state index contributed by atoms with van der Waals surface area (Å²) in [5.41, 5.74) is 1.10. The van der Waals surface area contributed by atoms with Crippen LogP contribution in [0.4, 0.5) is 0 Å². The van der Waals surface area contributed by atoms with E-state index < -0.39 is 0 Å². The minimum absolute atomic E-state index is 0.0312. The van der Waals surface area contributed by atoms with Crippen molar-refractivity contribution >= 4 is 27.5 Å². The third-order valence-electron chi connectivity index (χ3n) is 3.16. The molecule has 0 radical (unpaired) electrons. The SMILES string of the molecule is CCC(C)(CCO)NCc1cc(Cl)ccc1Br. The summed E-state index contributed by atoms with van der Waals surface area (Å²) in [5.74, 6) is 0. The van der Waals surface area contributed by atoms with Crippen LogP contribution < -0.4 is 5.32 Å². The van der Waals surface area contributed by atoms with Gasteiger partial charge in [0.2, 0.25) is 0 Å². The fraction of sp³-hybridized carbons (Fsp3) is 0.538. The Morgan fingerprint density at radius 2 is 2.18 bits per heavy atom. The second kappa shape index (κ2) is 6.74. The third-order valence-corrected chi connectivity index (χ3v) is 4.17. The quantitative estimate of drug-likeness (QED) is 0.837. The molecule has 0 aliphatic heterocycles. The first-order valence-corrected chi connectivity index (χ1v) is 6.97. The first-order valence-electron chi connectivity index (χ1n) is 5.80.